The molecule has 0 aliphatic carbocycles. The minimum atomic E-state index is -0.337. The Balaban J connectivity index is 2.67. The first-order valence-electron chi connectivity index (χ1n) is 6.46. The maximum Gasteiger partial charge on any atom is 0.250 e. The summed E-state index contributed by atoms with van der Waals surface area (Å²) in [6, 6.07) is 5.46. The number of aliphatic hydroxyl groups excluding tert-OH is 1. The monoisotopic (exact) mass is 275 g/mol. The smallest absolute Gasteiger partial charge is 0.250 e. The molecule has 1 rings (SSSR count). The van der Waals surface area contributed by atoms with Gasteiger partial charge in [-0.1, -0.05) is 11.8 Å². The lowest BCUT2D eigenvalue weighted by molar-refractivity contribution is -0.125. The minimum absolute atomic E-state index is 0.0228. The van der Waals surface area contributed by atoms with Crippen LogP contribution in [0.5, 0.6) is 0 Å². The molecule has 20 heavy (non-hydrogen) atoms. The first-order chi connectivity index (χ1) is 9.31. The van der Waals surface area contributed by atoms with Gasteiger partial charge < -0.3 is 15.2 Å². The molecule has 0 spiro atoms. The molecule has 0 aliphatic rings. The number of aliphatic hydroxyl groups is 1. The van der Waals surface area contributed by atoms with Crippen molar-refractivity contribution < 1.29 is 14.6 Å². The van der Waals surface area contributed by atoms with E-state index >= 15 is 0 Å². The highest BCUT2D eigenvalue weighted by molar-refractivity contribution is 5.92. The molecule has 0 unspecified atom stereocenters. The minimum Gasteiger partial charge on any atom is -0.384 e. The van der Waals surface area contributed by atoms with Gasteiger partial charge in [-0.3, -0.25) is 4.79 Å². The molecule has 1 amide bonds. The molecule has 1 aromatic carbocycles. The Labute approximate surface area is 120 Å². The zero-order valence-electron chi connectivity index (χ0n) is 12.4. The zero-order chi connectivity index (χ0) is 15.2. The van der Waals surface area contributed by atoms with E-state index in [4.69, 9.17) is 9.84 Å². The first-order valence-corrected chi connectivity index (χ1v) is 6.46. The molecule has 0 bridgehead atoms. The molecular formula is C16H21NO3. The second-order valence-electron chi connectivity index (χ2n) is 5.44. The van der Waals surface area contributed by atoms with Gasteiger partial charge in [0.15, 0.2) is 0 Å². The second-order valence-corrected chi connectivity index (χ2v) is 5.44. The van der Waals surface area contributed by atoms with E-state index in [9.17, 15) is 4.79 Å². The fraction of sp³-hybridized carbons (Fsp3) is 0.438. The Bertz CT molecular complexity index is 533. The Kier molecular flexibility index (Phi) is 5.75. The number of carbonyl (C=O) groups is 1. The van der Waals surface area contributed by atoms with Crippen molar-refractivity contribution >= 4 is 11.6 Å². The summed E-state index contributed by atoms with van der Waals surface area (Å²) in [5, 5.41) is 11.5. The molecule has 1 aromatic rings. The van der Waals surface area contributed by atoms with E-state index in [-0.39, 0.29) is 24.7 Å². The lowest BCUT2D eigenvalue weighted by Gasteiger charge is -2.19. The Hall–Kier alpha value is -1.83. The van der Waals surface area contributed by atoms with Crippen molar-refractivity contribution in [3.63, 3.8) is 0 Å². The molecule has 0 saturated carbocycles. The van der Waals surface area contributed by atoms with Crippen LogP contribution in [0.2, 0.25) is 0 Å². The number of rotatable bonds is 3. The zero-order valence-corrected chi connectivity index (χ0v) is 12.4. The van der Waals surface area contributed by atoms with Crippen LogP contribution in [0.3, 0.4) is 0 Å². The molecule has 0 saturated heterocycles. The number of ether oxygens (including phenoxy) is 1. The Morgan fingerprint density at radius 2 is 2.10 bits per heavy atom. The lowest BCUT2D eigenvalue weighted by Crippen LogP contribution is -2.27. The van der Waals surface area contributed by atoms with E-state index in [1.807, 2.05) is 33.8 Å². The van der Waals surface area contributed by atoms with E-state index in [1.54, 1.807) is 12.1 Å². The highest BCUT2D eigenvalue weighted by atomic mass is 16.5. The van der Waals surface area contributed by atoms with E-state index < -0.39 is 0 Å². The number of hydrogen-bond acceptors (Lipinski definition) is 3. The van der Waals surface area contributed by atoms with Gasteiger partial charge in [-0.15, -0.1) is 0 Å². The molecule has 2 N–H and O–H groups in total. The van der Waals surface area contributed by atoms with Crippen LogP contribution in [0.15, 0.2) is 18.2 Å². The third-order valence-electron chi connectivity index (χ3n) is 2.45. The quantitative estimate of drug-likeness (QED) is 0.830. The third kappa shape index (κ3) is 5.87. The van der Waals surface area contributed by atoms with Crippen molar-refractivity contribution in [3.8, 4) is 11.8 Å². The third-order valence-corrected chi connectivity index (χ3v) is 2.45. The maximum atomic E-state index is 11.8. The lowest BCUT2D eigenvalue weighted by atomic mass is 10.1. The number of nitrogens with one attached hydrogen (secondary N) is 1. The van der Waals surface area contributed by atoms with Gasteiger partial charge in [0.25, 0.3) is 0 Å². The highest BCUT2D eigenvalue weighted by Crippen LogP contribution is 2.16. The van der Waals surface area contributed by atoms with Crippen molar-refractivity contribution in [2.75, 3.05) is 18.5 Å². The van der Waals surface area contributed by atoms with Crippen LogP contribution in [-0.2, 0) is 9.53 Å². The van der Waals surface area contributed by atoms with Gasteiger partial charge in [-0.25, -0.2) is 0 Å². The Morgan fingerprint density at radius 3 is 2.65 bits per heavy atom. The van der Waals surface area contributed by atoms with Crippen molar-refractivity contribution in [1.29, 1.82) is 0 Å². The van der Waals surface area contributed by atoms with Crippen LogP contribution in [0.25, 0.3) is 0 Å². The molecule has 4 nitrogen and oxygen atoms in total. The van der Waals surface area contributed by atoms with E-state index in [1.165, 1.54) is 0 Å². The average Bonchev–Trinajstić information content (AvgIpc) is 2.36. The standard InChI is InChI=1S/C16H21NO3/c1-12-10-13(6-5-9-18)7-8-14(12)17-15(19)11-20-16(2,3)4/h7-8,10,18H,9,11H2,1-4H3,(H,17,19). The van der Waals surface area contributed by atoms with Crippen LogP contribution >= 0.6 is 0 Å². The summed E-state index contributed by atoms with van der Waals surface area (Å²) >= 11 is 0. The Morgan fingerprint density at radius 1 is 1.40 bits per heavy atom. The van der Waals surface area contributed by atoms with Gasteiger partial charge in [0.2, 0.25) is 5.91 Å². The topological polar surface area (TPSA) is 58.6 Å². The largest absolute Gasteiger partial charge is 0.384 e. The normalized spacial score (nSPS) is 10.7. The number of amides is 1. The predicted molar refractivity (Wildman–Crippen MR) is 79.5 cm³/mol. The summed E-state index contributed by atoms with van der Waals surface area (Å²) in [6.07, 6.45) is 0. The summed E-state index contributed by atoms with van der Waals surface area (Å²) < 4.78 is 5.42. The number of benzene rings is 1. The van der Waals surface area contributed by atoms with Crippen molar-refractivity contribution in [2.45, 2.75) is 33.3 Å². The summed E-state index contributed by atoms with van der Waals surface area (Å²) in [4.78, 5) is 11.8. The summed E-state index contributed by atoms with van der Waals surface area (Å²) in [5.74, 6) is 5.23. The average molecular weight is 275 g/mol. The van der Waals surface area contributed by atoms with E-state index in [2.05, 4.69) is 17.2 Å². The van der Waals surface area contributed by atoms with Crippen LogP contribution < -0.4 is 5.32 Å². The van der Waals surface area contributed by atoms with Crippen molar-refractivity contribution in [3.05, 3.63) is 29.3 Å². The van der Waals surface area contributed by atoms with Gasteiger partial charge >= 0.3 is 0 Å². The van der Waals surface area contributed by atoms with Crippen molar-refractivity contribution in [2.24, 2.45) is 0 Å². The van der Waals surface area contributed by atoms with Gasteiger partial charge in [-0.05, 0) is 51.5 Å². The predicted octanol–water partition coefficient (Wildman–Crippen LogP) is 2.09. The SMILES string of the molecule is Cc1cc(C#CCO)ccc1NC(=O)COC(C)(C)C. The summed E-state index contributed by atoms with van der Waals surface area (Å²) in [6.45, 7) is 7.46. The van der Waals surface area contributed by atoms with Crippen LogP contribution in [0.1, 0.15) is 31.9 Å². The van der Waals surface area contributed by atoms with Gasteiger partial charge in [0.05, 0.1) is 5.60 Å². The fourth-order valence-electron chi connectivity index (χ4n) is 1.49. The summed E-state index contributed by atoms with van der Waals surface area (Å²) in [5.41, 5.74) is 2.12. The first kappa shape index (κ1) is 16.2. The molecule has 4 heteroatoms. The van der Waals surface area contributed by atoms with Gasteiger partial charge in [0.1, 0.15) is 13.2 Å². The maximum absolute atomic E-state index is 11.8. The molecule has 0 atom stereocenters. The molecule has 0 aromatic heterocycles. The fourth-order valence-corrected chi connectivity index (χ4v) is 1.49. The molecule has 0 aliphatic heterocycles. The highest BCUT2D eigenvalue weighted by Gasteiger charge is 2.13. The molecule has 0 radical (unpaired) electrons. The summed E-state index contributed by atoms with van der Waals surface area (Å²) in [7, 11) is 0. The van der Waals surface area contributed by atoms with E-state index in [0.29, 0.717) is 0 Å². The van der Waals surface area contributed by atoms with E-state index in [0.717, 1.165) is 16.8 Å². The van der Waals surface area contributed by atoms with Gasteiger partial charge in [0, 0.05) is 11.3 Å². The molecular weight excluding hydrogens is 254 g/mol. The number of anilines is 1. The van der Waals surface area contributed by atoms with Crippen LogP contribution in [0.4, 0.5) is 5.69 Å². The number of carbonyl (C=O) groups excluding carboxylic acids is 1. The number of hydrogen-bond donors (Lipinski definition) is 2. The second kappa shape index (κ2) is 7.09. The molecule has 0 fully saturated rings. The van der Waals surface area contributed by atoms with Crippen LogP contribution in [0, 0.1) is 18.8 Å². The van der Waals surface area contributed by atoms with Crippen LogP contribution in [-0.4, -0.2) is 29.8 Å². The van der Waals surface area contributed by atoms with Gasteiger partial charge in [-0.2, -0.15) is 0 Å². The number of aryl methyl sites for hydroxylation is 1. The van der Waals surface area contributed by atoms with Crippen molar-refractivity contribution in [1.82, 2.24) is 0 Å². The molecule has 0 heterocycles. The molecule has 108 valence electrons.